The van der Waals surface area contributed by atoms with E-state index in [1.165, 1.54) is 6.20 Å². The number of benzene rings is 1. The third-order valence-electron chi connectivity index (χ3n) is 4.64. The molecule has 5 rings (SSSR count). The van der Waals surface area contributed by atoms with E-state index in [2.05, 4.69) is 31.0 Å². The molecule has 0 saturated heterocycles. The molecule has 4 aromatic heterocycles. The van der Waals surface area contributed by atoms with E-state index in [0.29, 0.717) is 33.1 Å². The van der Waals surface area contributed by atoms with Gasteiger partial charge in [0.05, 0.1) is 6.20 Å². The van der Waals surface area contributed by atoms with E-state index in [1.807, 2.05) is 34.9 Å². The van der Waals surface area contributed by atoms with Crippen LogP contribution in [0, 0.1) is 0 Å². The Labute approximate surface area is 174 Å². The molecule has 0 aliphatic heterocycles. The summed E-state index contributed by atoms with van der Waals surface area (Å²) < 4.78 is 30.5. The van der Waals surface area contributed by atoms with Crippen molar-refractivity contribution in [2.75, 3.05) is 0 Å². The van der Waals surface area contributed by atoms with Gasteiger partial charge in [-0.3, -0.25) is 0 Å². The Morgan fingerprint density at radius 1 is 0.966 bits per heavy atom. The minimum absolute atomic E-state index is 0.132. The maximum atomic E-state index is 13.5. The Kier molecular flexibility index (Phi) is 4.21. The topological polar surface area (TPSA) is 82.7 Å². The monoisotopic (exact) mass is 467 g/mol. The van der Waals surface area contributed by atoms with Crippen molar-refractivity contribution >= 4 is 48.0 Å². The molecule has 0 amide bonds. The average molecular weight is 468 g/mol. The molecule has 29 heavy (non-hydrogen) atoms. The molecular weight excluding hydrogens is 454 g/mol. The van der Waals surface area contributed by atoms with Crippen molar-refractivity contribution in [3.63, 3.8) is 0 Å². The number of pyridine rings is 2. The van der Waals surface area contributed by atoms with Crippen LogP contribution in [0.1, 0.15) is 5.56 Å². The maximum absolute atomic E-state index is 13.5. The van der Waals surface area contributed by atoms with Gasteiger partial charge < -0.3 is 4.57 Å². The van der Waals surface area contributed by atoms with Crippen molar-refractivity contribution in [1.82, 2.24) is 23.7 Å². The first-order valence-corrected chi connectivity index (χ1v) is 11.0. The van der Waals surface area contributed by atoms with E-state index >= 15 is 0 Å². The van der Waals surface area contributed by atoms with E-state index in [-0.39, 0.29) is 4.90 Å². The summed E-state index contributed by atoms with van der Waals surface area (Å²) in [5.41, 5.74) is 1.92. The van der Waals surface area contributed by atoms with Crippen molar-refractivity contribution in [2.45, 2.75) is 11.4 Å². The highest BCUT2D eigenvalue weighted by Gasteiger charge is 2.26. The maximum Gasteiger partial charge on any atom is 0.287 e. The van der Waals surface area contributed by atoms with Gasteiger partial charge in [-0.25, -0.2) is 9.97 Å². The summed E-state index contributed by atoms with van der Waals surface area (Å²) in [7, 11) is -3.98. The summed E-state index contributed by atoms with van der Waals surface area (Å²) in [4.78, 5) is 8.79. The molecule has 4 heterocycles. The number of rotatable bonds is 4. The fourth-order valence-electron chi connectivity index (χ4n) is 3.33. The lowest BCUT2D eigenvalue weighted by Gasteiger charge is -2.04. The number of nitrogens with zero attached hydrogens (tertiary/aromatic N) is 5. The Hall–Kier alpha value is -3.04. The van der Waals surface area contributed by atoms with Crippen LogP contribution < -0.4 is 0 Å². The van der Waals surface area contributed by atoms with Gasteiger partial charge in [-0.1, -0.05) is 30.3 Å². The number of hydrogen-bond acceptors (Lipinski definition) is 5. The molecule has 0 aliphatic rings. The van der Waals surface area contributed by atoms with Gasteiger partial charge in [-0.05, 0) is 39.7 Å². The van der Waals surface area contributed by atoms with E-state index in [1.54, 1.807) is 36.8 Å². The molecule has 5 aromatic rings. The Morgan fingerprint density at radius 3 is 2.62 bits per heavy atom. The lowest BCUT2D eigenvalue weighted by Crippen LogP contribution is -2.14. The third kappa shape index (κ3) is 3.02. The number of hydrogen-bond donors (Lipinski definition) is 0. The van der Waals surface area contributed by atoms with Crippen LogP contribution in [0.3, 0.4) is 0 Å². The zero-order valence-corrected chi connectivity index (χ0v) is 17.4. The zero-order valence-electron chi connectivity index (χ0n) is 15.0. The minimum Gasteiger partial charge on any atom is -0.327 e. The number of fused-ring (bicyclic) bond motifs is 2. The smallest absolute Gasteiger partial charge is 0.287 e. The Balaban J connectivity index is 1.73. The van der Waals surface area contributed by atoms with Gasteiger partial charge in [0.2, 0.25) is 0 Å². The van der Waals surface area contributed by atoms with Crippen LogP contribution in [0.2, 0.25) is 0 Å². The first-order chi connectivity index (χ1) is 14.0. The molecule has 0 saturated carbocycles. The summed E-state index contributed by atoms with van der Waals surface area (Å²) in [6, 6.07) is 15.1. The highest BCUT2D eigenvalue weighted by Crippen LogP contribution is 2.29. The van der Waals surface area contributed by atoms with Crippen molar-refractivity contribution in [1.29, 1.82) is 0 Å². The second-order valence-electron chi connectivity index (χ2n) is 6.54. The summed E-state index contributed by atoms with van der Waals surface area (Å²) >= 11 is 3.40. The van der Waals surface area contributed by atoms with Crippen LogP contribution in [0.25, 0.3) is 22.1 Å². The van der Waals surface area contributed by atoms with Gasteiger partial charge in [0, 0.05) is 40.4 Å². The molecule has 0 atom stereocenters. The van der Waals surface area contributed by atoms with Crippen LogP contribution in [0.5, 0.6) is 0 Å². The van der Waals surface area contributed by atoms with Gasteiger partial charge >= 0.3 is 0 Å². The molecule has 0 fully saturated rings. The fourth-order valence-corrected chi connectivity index (χ4v) is 5.09. The largest absolute Gasteiger partial charge is 0.327 e. The van der Waals surface area contributed by atoms with Crippen molar-refractivity contribution in [3.05, 3.63) is 83.4 Å². The first kappa shape index (κ1) is 18.0. The zero-order chi connectivity index (χ0) is 20.0. The summed E-state index contributed by atoms with van der Waals surface area (Å²) in [6.45, 7) is 0.500. The SMILES string of the molecule is O=S(=O)(c1cn(Cc2ccccc2)c2ncc(Br)cc12)n1ncc2cccnc21. The molecule has 1 aromatic carbocycles. The quantitative estimate of drug-likeness (QED) is 0.401. The van der Waals surface area contributed by atoms with E-state index in [9.17, 15) is 8.42 Å². The fraction of sp³-hybridized carbons (Fsp3) is 0.0500. The lowest BCUT2D eigenvalue weighted by molar-refractivity contribution is 0.582. The average Bonchev–Trinajstić information content (AvgIpc) is 3.31. The van der Waals surface area contributed by atoms with Crippen LogP contribution in [-0.2, 0) is 16.6 Å². The molecule has 0 aliphatic carbocycles. The summed E-state index contributed by atoms with van der Waals surface area (Å²) in [5.74, 6) is 0. The third-order valence-corrected chi connectivity index (χ3v) is 6.68. The van der Waals surface area contributed by atoms with Gasteiger partial charge in [0.15, 0.2) is 5.65 Å². The highest BCUT2D eigenvalue weighted by atomic mass is 79.9. The molecule has 0 N–H and O–H groups in total. The first-order valence-electron chi connectivity index (χ1n) is 8.77. The second-order valence-corrected chi connectivity index (χ2v) is 9.19. The molecule has 7 nitrogen and oxygen atoms in total. The summed E-state index contributed by atoms with van der Waals surface area (Å²) in [5, 5.41) is 5.27. The molecule has 0 unspecified atom stereocenters. The van der Waals surface area contributed by atoms with Gasteiger partial charge in [-0.2, -0.15) is 13.5 Å². The van der Waals surface area contributed by atoms with E-state index in [0.717, 1.165) is 9.65 Å². The van der Waals surface area contributed by atoms with Crippen LogP contribution in [-0.4, -0.2) is 32.1 Å². The molecule has 0 radical (unpaired) electrons. The number of aromatic nitrogens is 5. The standard InChI is InChI=1S/C20H14BrN5O2S/c21-16-9-17-18(29(27,28)26-19-15(10-24-26)7-4-8-22-19)13-25(20(17)23-11-16)12-14-5-2-1-3-6-14/h1-11,13H,12H2. The predicted molar refractivity (Wildman–Crippen MR) is 113 cm³/mol. The highest BCUT2D eigenvalue weighted by molar-refractivity contribution is 9.10. The van der Waals surface area contributed by atoms with Crippen molar-refractivity contribution in [3.8, 4) is 0 Å². The lowest BCUT2D eigenvalue weighted by atomic mass is 10.2. The van der Waals surface area contributed by atoms with Gasteiger partial charge in [0.1, 0.15) is 10.5 Å². The summed E-state index contributed by atoms with van der Waals surface area (Å²) in [6.07, 6.45) is 6.32. The van der Waals surface area contributed by atoms with Crippen LogP contribution >= 0.6 is 15.9 Å². The Bertz CT molecular complexity index is 1460. The van der Waals surface area contributed by atoms with Crippen LogP contribution in [0.15, 0.2) is 82.7 Å². The van der Waals surface area contributed by atoms with Gasteiger partial charge in [-0.15, -0.1) is 4.09 Å². The molecular formula is C20H14BrN5O2S. The minimum atomic E-state index is -3.98. The number of halogens is 1. The predicted octanol–water partition coefficient (Wildman–Crippen LogP) is 3.83. The molecule has 9 heteroatoms. The van der Waals surface area contributed by atoms with E-state index < -0.39 is 10.0 Å². The van der Waals surface area contributed by atoms with E-state index in [4.69, 9.17) is 0 Å². The van der Waals surface area contributed by atoms with Gasteiger partial charge in [0.25, 0.3) is 10.0 Å². The molecule has 0 bridgehead atoms. The Morgan fingerprint density at radius 2 is 1.79 bits per heavy atom. The van der Waals surface area contributed by atoms with Crippen molar-refractivity contribution in [2.24, 2.45) is 0 Å². The normalized spacial score (nSPS) is 12.0. The second kappa shape index (κ2) is 6.78. The van der Waals surface area contributed by atoms with Crippen molar-refractivity contribution < 1.29 is 8.42 Å². The van der Waals surface area contributed by atoms with Crippen LogP contribution in [0.4, 0.5) is 0 Å². The molecule has 0 spiro atoms. The molecule has 144 valence electrons.